The van der Waals surface area contributed by atoms with Crippen molar-refractivity contribution in [1.82, 2.24) is 0 Å². The van der Waals surface area contributed by atoms with E-state index in [4.69, 9.17) is 5.11 Å². The highest BCUT2D eigenvalue weighted by Gasteiger charge is 2.03. The first kappa shape index (κ1) is 25.4. The summed E-state index contributed by atoms with van der Waals surface area (Å²) in [6.07, 6.45) is 32.0. The van der Waals surface area contributed by atoms with Gasteiger partial charge in [-0.15, -0.1) is 0 Å². The van der Waals surface area contributed by atoms with Gasteiger partial charge in [-0.3, -0.25) is 4.79 Å². The summed E-state index contributed by atoms with van der Waals surface area (Å²) >= 11 is 0. The van der Waals surface area contributed by atoms with E-state index < -0.39 is 18.5 Å². The number of ether oxygens (including phenoxy) is 1. The lowest BCUT2D eigenvalue weighted by Gasteiger charge is -1.98. The summed E-state index contributed by atoms with van der Waals surface area (Å²) in [5.41, 5.74) is 0. The molecule has 1 N–H and O–H groups in total. The van der Waals surface area contributed by atoms with E-state index in [1.54, 1.807) is 0 Å². The predicted molar refractivity (Wildman–Crippen MR) is 116 cm³/mol. The van der Waals surface area contributed by atoms with E-state index in [1.807, 2.05) is 12.2 Å². The van der Waals surface area contributed by atoms with Gasteiger partial charge in [0, 0.05) is 6.42 Å². The molecule has 0 bridgehead atoms. The molecule has 0 aromatic rings. The van der Waals surface area contributed by atoms with Gasteiger partial charge in [0.05, 0.1) is 0 Å². The van der Waals surface area contributed by atoms with Crippen molar-refractivity contribution in [1.29, 1.82) is 0 Å². The van der Waals surface area contributed by atoms with Crippen LogP contribution in [0.5, 0.6) is 0 Å². The third-order valence-corrected chi connectivity index (χ3v) is 3.47. The molecule has 0 heterocycles. The standard InChI is InChI=1S/C24H34O4/c1-2-3-4-5-6-7-8-9-10-11-12-13-14-15-16-17-18-19-20-21-24(27)28-22-23(25)26/h3-4,6-7,9-10,12-13,15-16,18-19H,2,5,8,11,14,17,20-22H2,1H3,(H,25,26)/b4-3-,7-6-,10-9-,13-12-,16-15-,19-18-. The zero-order chi connectivity index (χ0) is 20.7. The van der Waals surface area contributed by atoms with Crippen LogP contribution in [0.2, 0.25) is 0 Å². The molecule has 4 heteroatoms. The summed E-state index contributed by atoms with van der Waals surface area (Å²) in [5.74, 6) is -1.62. The van der Waals surface area contributed by atoms with Crippen molar-refractivity contribution in [3.05, 3.63) is 72.9 Å². The monoisotopic (exact) mass is 386 g/mol. The third-order valence-electron chi connectivity index (χ3n) is 3.47. The molecule has 0 unspecified atom stereocenters. The van der Waals surface area contributed by atoms with Gasteiger partial charge in [0.25, 0.3) is 0 Å². The highest BCUT2D eigenvalue weighted by molar-refractivity contribution is 5.75. The second-order valence-electron chi connectivity index (χ2n) is 6.01. The fraction of sp³-hybridized carbons (Fsp3) is 0.417. The second kappa shape index (κ2) is 20.7. The van der Waals surface area contributed by atoms with Crippen LogP contribution in [0.15, 0.2) is 72.9 Å². The van der Waals surface area contributed by atoms with Gasteiger partial charge in [0.1, 0.15) is 0 Å². The summed E-state index contributed by atoms with van der Waals surface area (Å²) < 4.78 is 4.54. The maximum Gasteiger partial charge on any atom is 0.341 e. The van der Waals surface area contributed by atoms with Crippen LogP contribution in [-0.2, 0) is 14.3 Å². The average Bonchev–Trinajstić information content (AvgIpc) is 2.68. The van der Waals surface area contributed by atoms with Crippen LogP contribution >= 0.6 is 0 Å². The number of esters is 1. The Bertz CT molecular complexity index is 577. The first-order valence-electron chi connectivity index (χ1n) is 9.94. The molecule has 0 fully saturated rings. The van der Waals surface area contributed by atoms with Gasteiger partial charge >= 0.3 is 11.9 Å². The fourth-order valence-electron chi connectivity index (χ4n) is 2.06. The lowest BCUT2D eigenvalue weighted by molar-refractivity contribution is -0.155. The number of carbonyl (C=O) groups is 2. The van der Waals surface area contributed by atoms with E-state index >= 15 is 0 Å². The van der Waals surface area contributed by atoms with Gasteiger partial charge in [0.15, 0.2) is 6.61 Å². The van der Waals surface area contributed by atoms with Gasteiger partial charge in [-0.05, 0) is 44.9 Å². The van der Waals surface area contributed by atoms with E-state index in [9.17, 15) is 9.59 Å². The molecular formula is C24H34O4. The molecule has 0 aliphatic heterocycles. The predicted octanol–water partition coefficient (Wildman–Crippen LogP) is 6.09. The molecule has 0 aromatic carbocycles. The molecule has 0 amide bonds. The molecule has 0 rings (SSSR count). The number of carboxylic acid groups (broad SMARTS) is 1. The minimum Gasteiger partial charge on any atom is -0.479 e. The number of allylic oxidation sites excluding steroid dienone is 12. The average molecular weight is 387 g/mol. The highest BCUT2D eigenvalue weighted by Crippen LogP contribution is 1.98. The highest BCUT2D eigenvalue weighted by atomic mass is 16.5. The zero-order valence-corrected chi connectivity index (χ0v) is 17.0. The van der Waals surface area contributed by atoms with Gasteiger partial charge in [-0.1, -0.05) is 79.8 Å². The largest absolute Gasteiger partial charge is 0.479 e. The smallest absolute Gasteiger partial charge is 0.341 e. The summed E-state index contributed by atoms with van der Waals surface area (Å²) in [6, 6.07) is 0. The zero-order valence-electron chi connectivity index (χ0n) is 17.0. The van der Waals surface area contributed by atoms with Crippen LogP contribution in [0.3, 0.4) is 0 Å². The van der Waals surface area contributed by atoms with Gasteiger partial charge < -0.3 is 9.84 Å². The molecule has 4 nitrogen and oxygen atoms in total. The molecule has 0 radical (unpaired) electrons. The number of carbonyl (C=O) groups excluding carboxylic acids is 1. The number of carboxylic acids is 1. The van der Waals surface area contributed by atoms with E-state index in [2.05, 4.69) is 72.4 Å². The van der Waals surface area contributed by atoms with Crippen molar-refractivity contribution in [3.8, 4) is 0 Å². The van der Waals surface area contributed by atoms with Gasteiger partial charge in [-0.25, -0.2) is 4.79 Å². The van der Waals surface area contributed by atoms with Crippen LogP contribution < -0.4 is 0 Å². The second-order valence-corrected chi connectivity index (χ2v) is 6.01. The lowest BCUT2D eigenvalue weighted by atomic mass is 10.2. The molecule has 0 atom stereocenters. The number of rotatable bonds is 16. The van der Waals surface area contributed by atoms with E-state index in [0.29, 0.717) is 6.42 Å². The van der Waals surface area contributed by atoms with Crippen LogP contribution in [0, 0.1) is 0 Å². The molecule has 0 spiro atoms. The van der Waals surface area contributed by atoms with Crippen LogP contribution in [-0.4, -0.2) is 23.7 Å². The Labute approximate surface area is 169 Å². The van der Waals surface area contributed by atoms with E-state index in [-0.39, 0.29) is 6.42 Å². The first-order chi connectivity index (χ1) is 13.7. The van der Waals surface area contributed by atoms with Crippen molar-refractivity contribution in [3.63, 3.8) is 0 Å². The number of hydrogen-bond acceptors (Lipinski definition) is 3. The summed E-state index contributed by atoms with van der Waals surface area (Å²) in [6.45, 7) is 1.57. The maximum atomic E-state index is 11.2. The maximum absolute atomic E-state index is 11.2. The molecular weight excluding hydrogens is 352 g/mol. The van der Waals surface area contributed by atoms with E-state index in [0.717, 1.165) is 38.5 Å². The SMILES string of the molecule is CC/C=C\C/C=C\C/C=C\C/C=C\C/C=C\C/C=C\CCC(=O)OCC(=O)O. The molecule has 0 aliphatic carbocycles. The summed E-state index contributed by atoms with van der Waals surface area (Å²) in [4.78, 5) is 21.4. The fourth-order valence-corrected chi connectivity index (χ4v) is 2.06. The lowest BCUT2D eigenvalue weighted by Crippen LogP contribution is -2.12. The molecule has 0 aliphatic rings. The quantitative estimate of drug-likeness (QED) is 0.257. The van der Waals surface area contributed by atoms with Crippen molar-refractivity contribution in [2.75, 3.05) is 6.61 Å². The Morgan fingerprint density at radius 2 is 1.07 bits per heavy atom. The Hall–Kier alpha value is -2.62. The molecule has 28 heavy (non-hydrogen) atoms. The normalized spacial score (nSPS) is 12.6. The Kier molecular flexibility index (Phi) is 18.8. The Morgan fingerprint density at radius 3 is 1.46 bits per heavy atom. The first-order valence-corrected chi connectivity index (χ1v) is 9.94. The topological polar surface area (TPSA) is 63.6 Å². The van der Waals surface area contributed by atoms with Gasteiger partial charge in [-0.2, -0.15) is 0 Å². The van der Waals surface area contributed by atoms with Crippen LogP contribution in [0.1, 0.15) is 58.3 Å². The van der Waals surface area contributed by atoms with Crippen LogP contribution in [0.25, 0.3) is 0 Å². The Balaban J connectivity index is 3.58. The van der Waals surface area contributed by atoms with Crippen molar-refractivity contribution < 1.29 is 19.4 Å². The molecule has 0 saturated carbocycles. The summed E-state index contributed by atoms with van der Waals surface area (Å²) in [7, 11) is 0. The van der Waals surface area contributed by atoms with Crippen LogP contribution in [0.4, 0.5) is 0 Å². The minimum atomic E-state index is -1.14. The Morgan fingerprint density at radius 1 is 0.679 bits per heavy atom. The van der Waals surface area contributed by atoms with Gasteiger partial charge in [0.2, 0.25) is 0 Å². The van der Waals surface area contributed by atoms with E-state index in [1.165, 1.54) is 0 Å². The third kappa shape index (κ3) is 21.4. The molecule has 0 aromatic heterocycles. The molecule has 154 valence electrons. The number of aliphatic carboxylic acids is 1. The molecule has 0 saturated heterocycles. The van der Waals surface area contributed by atoms with Crippen molar-refractivity contribution in [2.24, 2.45) is 0 Å². The number of hydrogen-bond donors (Lipinski definition) is 1. The summed E-state index contributed by atoms with van der Waals surface area (Å²) in [5, 5.41) is 8.39. The minimum absolute atomic E-state index is 0.204. The van der Waals surface area contributed by atoms with Crippen molar-refractivity contribution >= 4 is 11.9 Å². The van der Waals surface area contributed by atoms with Crippen molar-refractivity contribution in [2.45, 2.75) is 58.3 Å².